The topological polar surface area (TPSA) is 58.1 Å². The number of carbonyl (C=O) groups is 1. The highest BCUT2D eigenvalue weighted by Gasteiger charge is 2.14. The van der Waals surface area contributed by atoms with Crippen LogP contribution in [0.2, 0.25) is 0 Å². The highest BCUT2D eigenvalue weighted by atomic mass is 16.1. The number of carbonyl (C=O) groups excluding carboxylic acids is 1. The van der Waals surface area contributed by atoms with Crippen LogP contribution in [0.15, 0.2) is 79.1 Å². The lowest BCUT2D eigenvalue weighted by Gasteiger charge is -2.14. The van der Waals surface area contributed by atoms with E-state index in [1.807, 2.05) is 85.7 Å². The Kier molecular flexibility index (Phi) is 4.72. The molecule has 0 unspecified atom stereocenters. The van der Waals surface area contributed by atoms with Crippen molar-refractivity contribution in [1.82, 2.24) is 9.97 Å². The molecule has 138 valence electrons. The molecule has 4 rings (SSSR count). The Balaban J connectivity index is 1.73. The fourth-order valence-corrected chi connectivity index (χ4v) is 3.08. The third-order valence-electron chi connectivity index (χ3n) is 4.58. The molecule has 5 nitrogen and oxygen atoms in total. The predicted octanol–water partition coefficient (Wildman–Crippen LogP) is 4.62. The summed E-state index contributed by atoms with van der Waals surface area (Å²) in [6.45, 7) is 0. The fraction of sp³-hybridized carbons (Fsp3) is 0.0870. The monoisotopic (exact) mass is 368 g/mol. The lowest BCUT2D eigenvalue weighted by molar-refractivity contribution is 0.102. The normalized spacial score (nSPS) is 10.6. The number of hydrogen-bond acceptors (Lipinski definition) is 4. The largest absolute Gasteiger partial charge is 0.378 e. The summed E-state index contributed by atoms with van der Waals surface area (Å²) in [4.78, 5) is 23.9. The van der Waals surface area contributed by atoms with E-state index in [0.29, 0.717) is 5.56 Å². The number of fused-ring (bicyclic) bond motifs is 1. The smallest absolute Gasteiger partial charge is 0.256 e. The van der Waals surface area contributed by atoms with Crippen molar-refractivity contribution in [1.29, 1.82) is 0 Å². The van der Waals surface area contributed by atoms with Crippen molar-refractivity contribution in [3.63, 3.8) is 0 Å². The van der Waals surface area contributed by atoms with Crippen LogP contribution in [0.4, 0.5) is 11.4 Å². The van der Waals surface area contributed by atoms with Gasteiger partial charge >= 0.3 is 0 Å². The molecule has 0 bridgehead atoms. The van der Waals surface area contributed by atoms with Gasteiger partial charge in [0.1, 0.15) is 0 Å². The van der Waals surface area contributed by atoms with Crippen LogP contribution in [0.25, 0.3) is 22.2 Å². The minimum Gasteiger partial charge on any atom is -0.378 e. The highest BCUT2D eigenvalue weighted by molar-refractivity contribution is 6.13. The van der Waals surface area contributed by atoms with Crippen molar-refractivity contribution in [3.05, 3.63) is 84.7 Å². The summed E-state index contributed by atoms with van der Waals surface area (Å²) in [5, 5.41) is 3.82. The number of nitrogens with one attached hydrogen (secondary N) is 1. The van der Waals surface area contributed by atoms with Crippen molar-refractivity contribution in [2.24, 2.45) is 0 Å². The number of para-hydroxylation sites is 1. The van der Waals surface area contributed by atoms with Gasteiger partial charge in [0, 0.05) is 48.8 Å². The van der Waals surface area contributed by atoms with Gasteiger partial charge in [0.25, 0.3) is 5.91 Å². The summed E-state index contributed by atoms with van der Waals surface area (Å²) >= 11 is 0. The molecule has 4 aromatic rings. The zero-order chi connectivity index (χ0) is 19.5. The molecular weight excluding hydrogens is 348 g/mol. The summed E-state index contributed by atoms with van der Waals surface area (Å²) in [5.74, 6) is -0.161. The highest BCUT2D eigenvalue weighted by Crippen LogP contribution is 2.25. The van der Waals surface area contributed by atoms with E-state index in [0.717, 1.165) is 33.5 Å². The van der Waals surface area contributed by atoms with Gasteiger partial charge in [0.2, 0.25) is 0 Å². The second-order valence-corrected chi connectivity index (χ2v) is 6.70. The van der Waals surface area contributed by atoms with E-state index in [2.05, 4.69) is 10.3 Å². The Morgan fingerprint density at radius 2 is 1.64 bits per heavy atom. The van der Waals surface area contributed by atoms with E-state index in [4.69, 9.17) is 4.98 Å². The molecule has 0 aliphatic heterocycles. The number of hydrogen-bond donors (Lipinski definition) is 1. The van der Waals surface area contributed by atoms with E-state index in [9.17, 15) is 4.79 Å². The molecule has 2 aromatic heterocycles. The Hall–Kier alpha value is -3.73. The first-order valence-corrected chi connectivity index (χ1v) is 9.01. The van der Waals surface area contributed by atoms with Gasteiger partial charge in [0.15, 0.2) is 0 Å². The lowest BCUT2D eigenvalue weighted by Crippen LogP contribution is -2.13. The number of rotatable bonds is 4. The van der Waals surface area contributed by atoms with E-state index in [-0.39, 0.29) is 5.91 Å². The van der Waals surface area contributed by atoms with Crippen LogP contribution in [-0.2, 0) is 0 Å². The summed E-state index contributed by atoms with van der Waals surface area (Å²) < 4.78 is 0. The summed E-state index contributed by atoms with van der Waals surface area (Å²) in [6.07, 6.45) is 3.44. The number of benzene rings is 2. The third kappa shape index (κ3) is 3.55. The van der Waals surface area contributed by atoms with Gasteiger partial charge in [-0.25, -0.2) is 4.98 Å². The zero-order valence-corrected chi connectivity index (χ0v) is 15.8. The van der Waals surface area contributed by atoms with Crippen LogP contribution < -0.4 is 10.2 Å². The summed E-state index contributed by atoms with van der Waals surface area (Å²) in [7, 11) is 3.97. The molecule has 0 atom stereocenters. The first kappa shape index (κ1) is 17.7. The molecule has 0 fully saturated rings. The molecule has 1 N–H and O–H groups in total. The molecular formula is C23H20N4O. The average molecular weight is 368 g/mol. The molecule has 0 radical (unpaired) electrons. The summed E-state index contributed by atoms with van der Waals surface area (Å²) in [5.41, 5.74) is 4.87. The SMILES string of the molecule is CN(C)c1ccc(NC(=O)c2cc(-c3ccncc3)nc3ccccc23)cc1. The van der Waals surface area contributed by atoms with Crippen molar-refractivity contribution >= 4 is 28.2 Å². The lowest BCUT2D eigenvalue weighted by atomic mass is 10.0. The standard InChI is InChI=1S/C23H20N4O/c1-27(2)18-9-7-17(8-10-18)25-23(28)20-15-22(16-11-13-24-14-12-16)26-21-6-4-3-5-19(20)21/h3-15H,1-2H3,(H,25,28). The van der Waals surface area contributed by atoms with Gasteiger partial charge in [-0.2, -0.15) is 0 Å². The number of pyridine rings is 2. The van der Waals surface area contributed by atoms with Gasteiger partial charge in [0.05, 0.1) is 16.8 Å². The molecule has 0 saturated heterocycles. The second kappa shape index (κ2) is 7.48. The van der Waals surface area contributed by atoms with Gasteiger partial charge in [-0.15, -0.1) is 0 Å². The maximum absolute atomic E-state index is 13.1. The Morgan fingerprint density at radius 3 is 2.36 bits per heavy atom. The first-order chi connectivity index (χ1) is 13.6. The molecule has 0 spiro atoms. The molecule has 0 saturated carbocycles. The maximum Gasteiger partial charge on any atom is 0.256 e. The van der Waals surface area contributed by atoms with Gasteiger partial charge in [-0.05, 0) is 48.5 Å². The number of aromatic nitrogens is 2. The van der Waals surface area contributed by atoms with E-state index in [1.54, 1.807) is 12.4 Å². The molecule has 0 aliphatic rings. The van der Waals surface area contributed by atoms with Gasteiger partial charge < -0.3 is 10.2 Å². The Bertz CT molecular complexity index is 1120. The van der Waals surface area contributed by atoms with Crippen LogP contribution in [0.1, 0.15) is 10.4 Å². The van der Waals surface area contributed by atoms with Gasteiger partial charge in [-0.1, -0.05) is 18.2 Å². The minimum atomic E-state index is -0.161. The van der Waals surface area contributed by atoms with E-state index < -0.39 is 0 Å². The van der Waals surface area contributed by atoms with Crippen LogP contribution in [-0.4, -0.2) is 30.0 Å². The molecule has 0 aliphatic carbocycles. The Morgan fingerprint density at radius 1 is 0.929 bits per heavy atom. The number of nitrogens with zero attached hydrogens (tertiary/aromatic N) is 3. The number of anilines is 2. The van der Waals surface area contributed by atoms with Crippen LogP contribution >= 0.6 is 0 Å². The maximum atomic E-state index is 13.1. The predicted molar refractivity (Wildman–Crippen MR) is 114 cm³/mol. The van der Waals surface area contributed by atoms with Crippen LogP contribution in [0, 0.1) is 0 Å². The average Bonchev–Trinajstić information content (AvgIpc) is 2.74. The molecule has 2 heterocycles. The minimum absolute atomic E-state index is 0.161. The fourth-order valence-electron chi connectivity index (χ4n) is 3.08. The van der Waals surface area contributed by atoms with Crippen LogP contribution in [0.5, 0.6) is 0 Å². The van der Waals surface area contributed by atoms with Crippen molar-refractivity contribution in [2.75, 3.05) is 24.3 Å². The van der Waals surface area contributed by atoms with Crippen molar-refractivity contribution in [3.8, 4) is 11.3 Å². The molecule has 2 aromatic carbocycles. The van der Waals surface area contributed by atoms with Crippen LogP contribution in [0.3, 0.4) is 0 Å². The quantitative estimate of drug-likeness (QED) is 0.571. The van der Waals surface area contributed by atoms with Gasteiger partial charge in [-0.3, -0.25) is 9.78 Å². The second-order valence-electron chi connectivity index (χ2n) is 6.70. The first-order valence-electron chi connectivity index (χ1n) is 9.01. The van der Waals surface area contributed by atoms with E-state index in [1.165, 1.54) is 0 Å². The molecule has 28 heavy (non-hydrogen) atoms. The van der Waals surface area contributed by atoms with Crippen molar-refractivity contribution < 1.29 is 4.79 Å². The summed E-state index contributed by atoms with van der Waals surface area (Å²) in [6, 6.07) is 21.0. The number of amides is 1. The van der Waals surface area contributed by atoms with E-state index >= 15 is 0 Å². The Labute approximate surface area is 163 Å². The third-order valence-corrected chi connectivity index (χ3v) is 4.58. The zero-order valence-electron chi connectivity index (χ0n) is 15.8. The molecule has 1 amide bonds. The molecule has 5 heteroatoms. The van der Waals surface area contributed by atoms with Crippen molar-refractivity contribution in [2.45, 2.75) is 0 Å².